The number of carbonyl (C=O) groups excluding carboxylic acids is 1. The van der Waals surface area contributed by atoms with E-state index in [1.54, 1.807) is 23.5 Å². The van der Waals surface area contributed by atoms with Gasteiger partial charge in [-0.2, -0.15) is 0 Å². The number of anilines is 1. The summed E-state index contributed by atoms with van der Waals surface area (Å²) >= 11 is 7.61. The molecule has 0 unspecified atom stereocenters. The molecular formula is C16H19ClN4OS. The third-order valence-corrected chi connectivity index (χ3v) is 4.84. The third-order valence-electron chi connectivity index (χ3n) is 3.79. The van der Waals surface area contributed by atoms with Gasteiger partial charge < -0.3 is 10.2 Å². The second kappa shape index (κ2) is 7.29. The number of benzene rings is 1. The first-order valence-electron chi connectivity index (χ1n) is 7.55. The first-order valence-corrected chi connectivity index (χ1v) is 8.81. The number of hydrogen-bond acceptors (Lipinski definition) is 4. The van der Waals surface area contributed by atoms with Crippen molar-refractivity contribution in [2.24, 2.45) is 0 Å². The van der Waals surface area contributed by atoms with Crippen LogP contribution in [-0.2, 0) is 6.54 Å². The van der Waals surface area contributed by atoms with E-state index in [0.717, 1.165) is 49.1 Å². The molecule has 7 heteroatoms. The minimum Gasteiger partial charge on any atom is -0.322 e. The zero-order valence-electron chi connectivity index (χ0n) is 13.0. The monoisotopic (exact) mass is 350 g/mol. The fourth-order valence-electron chi connectivity index (χ4n) is 2.59. The predicted molar refractivity (Wildman–Crippen MR) is 94.2 cm³/mol. The molecule has 0 spiro atoms. The molecule has 1 aliphatic heterocycles. The van der Waals surface area contributed by atoms with E-state index in [1.165, 1.54) is 0 Å². The first kappa shape index (κ1) is 16.2. The van der Waals surface area contributed by atoms with Gasteiger partial charge >= 0.3 is 6.03 Å². The minimum absolute atomic E-state index is 0.0728. The van der Waals surface area contributed by atoms with Gasteiger partial charge in [-0.3, -0.25) is 4.90 Å². The predicted octanol–water partition coefficient (Wildman–Crippen LogP) is 3.45. The number of halogens is 1. The Morgan fingerprint density at radius 3 is 2.78 bits per heavy atom. The second-order valence-electron chi connectivity index (χ2n) is 5.56. The van der Waals surface area contributed by atoms with Crippen molar-refractivity contribution in [1.29, 1.82) is 0 Å². The van der Waals surface area contributed by atoms with Crippen LogP contribution in [0.3, 0.4) is 0 Å². The molecule has 1 saturated heterocycles. The second-order valence-corrected chi connectivity index (χ2v) is 7.06. The number of hydrogen-bond donors (Lipinski definition) is 1. The lowest BCUT2D eigenvalue weighted by molar-refractivity contribution is 0.142. The number of nitrogens with one attached hydrogen (secondary N) is 1. The Morgan fingerprint density at radius 1 is 1.35 bits per heavy atom. The maximum absolute atomic E-state index is 12.3. The molecule has 2 amide bonds. The number of urea groups is 1. The van der Waals surface area contributed by atoms with Gasteiger partial charge in [-0.1, -0.05) is 17.7 Å². The topological polar surface area (TPSA) is 48.5 Å². The maximum atomic E-state index is 12.3. The molecule has 122 valence electrons. The van der Waals surface area contributed by atoms with Crippen molar-refractivity contribution < 1.29 is 4.79 Å². The SMILES string of the molecule is Cc1nc(CN2CCN(C(=O)Nc3cccc(Cl)c3)CC2)cs1. The van der Waals surface area contributed by atoms with Gasteiger partial charge in [-0.05, 0) is 25.1 Å². The number of aromatic nitrogens is 1. The van der Waals surface area contributed by atoms with Crippen molar-refractivity contribution in [2.75, 3.05) is 31.5 Å². The Morgan fingerprint density at radius 2 is 2.13 bits per heavy atom. The highest BCUT2D eigenvalue weighted by molar-refractivity contribution is 7.09. The minimum atomic E-state index is -0.0728. The van der Waals surface area contributed by atoms with Crippen LogP contribution in [0.4, 0.5) is 10.5 Å². The molecule has 1 aliphatic rings. The van der Waals surface area contributed by atoms with Crippen LogP contribution in [-0.4, -0.2) is 47.0 Å². The van der Waals surface area contributed by atoms with Gasteiger partial charge in [0.1, 0.15) is 0 Å². The molecule has 0 atom stereocenters. The Labute approximate surface area is 144 Å². The summed E-state index contributed by atoms with van der Waals surface area (Å²) in [6, 6.07) is 7.13. The molecule has 0 aliphatic carbocycles. The number of amides is 2. The van der Waals surface area contributed by atoms with E-state index in [4.69, 9.17) is 11.6 Å². The first-order chi connectivity index (χ1) is 11.1. The van der Waals surface area contributed by atoms with Crippen LogP contribution < -0.4 is 5.32 Å². The average Bonchev–Trinajstić information content (AvgIpc) is 2.93. The van der Waals surface area contributed by atoms with E-state index in [1.807, 2.05) is 24.0 Å². The molecule has 1 fully saturated rings. The Balaban J connectivity index is 1.49. The number of carbonyl (C=O) groups is 1. The lowest BCUT2D eigenvalue weighted by Crippen LogP contribution is -2.49. The standard InChI is InChI=1S/C16H19ClN4OS/c1-12-18-15(11-23-12)10-20-5-7-21(8-6-20)16(22)19-14-4-2-3-13(17)9-14/h2-4,9,11H,5-8,10H2,1H3,(H,19,22). The molecule has 1 aromatic carbocycles. The van der Waals surface area contributed by atoms with Crippen LogP contribution in [0.15, 0.2) is 29.6 Å². The third kappa shape index (κ3) is 4.43. The molecule has 0 radical (unpaired) electrons. The highest BCUT2D eigenvalue weighted by atomic mass is 35.5. The highest BCUT2D eigenvalue weighted by Gasteiger charge is 2.21. The summed E-state index contributed by atoms with van der Waals surface area (Å²) in [5.74, 6) is 0. The normalized spacial score (nSPS) is 15.7. The lowest BCUT2D eigenvalue weighted by Gasteiger charge is -2.34. The van der Waals surface area contributed by atoms with Crippen LogP contribution in [0.1, 0.15) is 10.7 Å². The van der Waals surface area contributed by atoms with E-state index in [2.05, 4.69) is 20.6 Å². The number of thiazole rings is 1. The van der Waals surface area contributed by atoms with E-state index < -0.39 is 0 Å². The molecule has 0 bridgehead atoms. The lowest BCUT2D eigenvalue weighted by atomic mass is 10.3. The van der Waals surface area contributed by atoms with Gasteiger partial charge in [0, 0.05) is 48.8 Å². The molecule has 2 aromatic rings. The quantitative estimate of drug-likeness (QED) is 0.922. The van der Waals surface area contributed by atoms with Crippen molar-refractivity contribution in [3.63, 3.8) is 0 Å². The van der Waals surface area contributed by atoms with Crippen molar-refractivity contribution >= 4 is 34.7 Å². The fourth-order valence-corrected chi connectivity index (χ4v) is 3.38. The number of rotatable bonds is 3. The maximum Gasteiger partial charge on any atom is 0.321 e. The van der Waals surface area contributed by atoms with E-state index in [-0.39, 0.29) is 6.03 Å². The van der Waals surface area contributed by atoms with Crippen molar-refractivity contribution in [1.82, 2.24) is 14.8 Å². The van der Waals surface area contributed by atoms with Gasteiger partial charge in [-0.15, -0.1) is 11.3 Å². The van der Waals surface area contributed by atoms with Crippen LogP contribution in [0.2, 0.25) is 5.02 Å². The molecule has 3 rings (SSSR count). The van der Waals surface area contributed by atoms with Gasteiger partial charge in [0.2, 0.25) is 0 Å². The van der Waals surface area contributed by atoms with Crippen LogP contribution >= 0.6 is 22.9 Å². The summed E-state index contributed by atoms with van der Waals surface area (Å²) in [7, 11) is 0. The van der Waals surface area contributed by atoms with Gasteiger partial charge in [0.05, 0.1) is 10.7 Å². The smallest absolute Gasteiger partial charge is 0.321 e. The largest absolute Gasteiger partial charge is 0.322 e. The summed E-state index contributed by atoms with van der Waals surface area (Å²) < 4.78 is 0. The van der Waals surface area contributed by atoms with Crippen LogP contribution in [0.5, 0.6) is 0 Å². The Kier molecular flexibility index (Phi) is 5.15. The van der Waals surface area contributed by atoms with Crippen LogP contribution in [0, 0.1) is 6.92 Å². The summed E-state index contributed by atoms with van der Waals surface area (Å²) in [4.78, 5) is 21.0. The van der Waals surface area contributed by atoms with E-state index in [0.29, 0.717) is 5.02 Å². The number of nitrogens with zero attached hydrogens (tertiary/aromatic N) is 3. The van der Waals surface area contributed by atoms with Gasteiger partial charge in [0.15, 0.2) is 0 Å². The van der Waals surface area contributed by atoms with E-state index >= 15 is 0 Å². The molecule has 0 saturated carbocycles. The highest BCUT2D eigenvalue weighted by Crippen LogP contribution is 2.16. The van der Waals surface area contributed by atoms with Crippen molar-refractivity contribution in [3.05, 3.63) is 45.4 Å². The molecule has 2 heterocycles. The van der Waals surface area contributed by atoms with Gasteiger partial charge in [-0.25, -0.2) is 9.78 Å². The number of aryl methyl sites for hydroxylation is 1. The average molecular weight is 351 g/mol. The number of piperazine rings is 1. The molecule has 5 nitrogen and oxygen atoms in total. The van der Waals surface area contributed by atoms with Gasteiger partial charge in [0.25, 0.3) is 0 Å². The zero-order chi connectivity index (χ0) is 16.2. The zero-order valence-corrected chi connectivity index (χ0v) is 14.5. The summed E-state index contributed by atoms with van der Waals surface area (Å²) in [5.41, 5.74) is 1.84. The molecular weight excluding hydrogens is 332 g/mol. The molecule has 1 N–H and O–H groups in total. The van der Waals surface area contributed by atoms with Crippen molar-refractivity contribution in [3.8, 4) is 0 Å². The summed E-state index contributed by atoms with van der Waals surface area (Å²) in [6.07, 6.45) is 0. The van der Waals surface area contributed by atoms with Crippen molar-refractivity contribution in [2.45, 2.75) is 13.5 Å². The summed E-state index contributed by atoms with van der Waals surface area (Å²) in [6.45, 7) is 6.03. The molecule has 1 aromatic heterocycles. The summed E-state index contributed by atoms with van der Waals surface area (Å²) in [5, 5.41) is 6.71. The Bertz CT molecular complexity index is 682. The Hall–Kier alpha value is -1.63. The van der Waals surface area contributed by atoms with E-state index in [9.17, 15) is 4.79 Å². The molecule has 23 heavy (non-hydrogen) atoms. The fraction of sp³-hybridized carbons (Fsp3) is 0.375. The van der Waals surface area contributed by atoms with Crippen LogP contribution in [0.25, 0.3) is 0 Å².